The molecule has 0 amide bonds. The summed E-state index contributed by atoms with van der Waals surface area (Å²) in [5.74, 6) is 0.852. The highest BCUT2D eigenvalue weighted by molar-refractivity contribution is 7.71. The van der Waals surface area contributed by atoms with Crippen LogP contribution in [0.3, 0.4) is 0 Å². The molecule has 0 saturated carbocycles. The van der Waals surface area contributed by atoms with Crippen LogP contribution in [0.4, 0.5) is 5.69 Å². The maximum Gasteiger partial charge on any atom is 0.137 e. The molecule has 0 aliphatic heterocycles. The Morgan fingerprint density at radius 2 is 2.07 bits per heavy atom. The van der Waals surface area contributed by atoms with Crippen molar-refractivity contribution < 1.29 is 0 Å². The van der Waals surface area contributed by atoms with Gasteiger partial charge in [-0.3, -0.25) is 0 Å². The summed E-state index contributed by atoms with van der Waals surface area (Å²) in [6.07, 6.45) is 0. The molecule has 2 rings (SSSR count). The van der Waals surface area contributed by atoms with E-state index in [1.165, 1.54) is 0 Å². The van der Waals surface area contributed by atoms with Crippen LogP contribution >= 0.6 is 12.2 Å². The summed E-state index contributed by atoms with van der Waals surface area (Å²) in [4.78, 5) is 9.49. The van der Waals surface area contributed by atoms with Gasteiger partial charge in [-0.05, 0) is 25.1 Å². The van der Waals surface area contributed by atoms with Gasteiger partial charge >= 0.3 is 0 Å². The van der Waals surface area contributed by atoms with Crippen molar-refractivity contribution in [1.82, 2.24) is 9.97 Å². The predicted molar refractivity (Wildman–Crippen MR) is 66.0 cm³/mol. The maximum absolute atomic E-state index is 5.24. The highest BCUT2D eigenvalue weighted by Crippen LogP contribution is 2.19. The third-order valence-electron chi connectivity index (χ3n) is 2.33. The molecule has 1 heterocycles. The van der Waals surface area contributed by atoms with E-state index in [1.807, 2.05) is 32.0 Å². The summed E-state index contributed by atoms with van der Waals surface area (Å²) in [5.41, 5.74) is 2.17. The molecule has 0 radical (unpaired) electrons. The molecule has 1 N–H and O–H groups in total. The fraction of sp³-hybridized carbons (Fsp3) is 0.273. The zero-order valence-electron chi connectivity index (χ0n) is 9.03. The third-order valence-corrected chi connectivity index (χ3v) is 2.65. The second-order valence-corrected chi connectivity index (χ2v) is 4.14. The van der Waals surface area contributed by atoms with E-state index in [-0.39, 0.29) is 0 Å². The lowest BCUT2D eigenvalue weighted by Crippen LogP contribution is -2.08. The number of aryl methyl sites for hydroxylation is 1. The van der Waals surface area contributed by atoms with Crippen LogP contribution in [0.2, 0.25) is 0 Å². The van der Waals surface area contributed by atoms with Crippen LogP contribution in [0.5, 0.6) is 0 Å². The molecule has 1 aromatic carbocycles. The van der Waals surface area contributed by atoms with E-state index >= 15 is 0 Å². The van der Waals surface area contributed by atoms with Crippen LogP contribution in [0.15, 0.2) is 18.2 Å². The number of rotatable bonds is 1. The molecule has 0 spiro atoms. The molecule has 15 heavy (non-hydrogen) atoms. The molecular formula is C11H13N3S. The Morgan fingerprint density at radius 1 is 1.33 bits per heavy atom. The number of anilines is 1. The zero-order chi connectivity index (χ0) is 11.0. The van der Waals surface area contributed by atoms with Crippen LogP contribution in [0.25, 0.3) is 10.9 Å². The molecule has 0 aliphatic carbocycles. The van der Waals surface area contributed by atoms with E-state index in [9.17, 15) is 0 Å². The number of H-pyrrole nitrogens is 1. The minimum absolute atomic E-state index is 0.657. The Hall–Kier alpha value is -1.42. The fourth-order valence-corrected chi connectivity index (χ4v) is 1.84. The Bertz CT molecular complexity index is 557. The second kappa shape index (κ2) is 3.62. The molecule has 0 saturated heterocycles. The predicted octanol–water partition coefficient (Wildman–Crippen LogP) is 2.67. The summed E-state index contributed by atoms with van der Waals surface area (Å²) in [6.45, 7) is 1.91. The first-order valence-corrected chi connectivity index (χ1v) is 5.17. The average molecular weight is 219 g/mol. The molecule has 78 valence electrons. The largest absolute Gasteiger partial charge is 0.378 e. The van der Waals surface area contributed by atoms with Gasteiger partial charge in [0.15, 0.2) is 0 Å². The number of aromatic nitrogens is 2. The van der Waals surface area contributed by atoms with Crippen LogP contribution in [-0.2, 0) is 0 Å². The molecule has 3 nitrogen and oxygen atoms in total. The van der Waals surface area contributed by atoms with Gasteiger partial charge in [0.05, 0.1) is 0 Å². The van der Waals surface area contributed by atoms with Crippen molar-refractivity contribution >= 4 is 28.8 Å². The first-order chi connectivity index (χ1) is 7.08. The number of hydrogen-bond acceptors (Lipinski definition) is 3. The molecule has 0 bridgehead atoms. The quantitative estimate of drug-likeness (QED) is 0.748. The van der Waals surface area contributed by atoms with Crippen molar-refractivity contribution in [3.63, 3.8) is 0 Å². The van der Waals surface area contributed by atoms with Gasteiger partial charge in [-0.15, -0.1) is 0 Å². The standard InChI is InChI=1S/C11H13N3S/c1-7-12-10-5-4-8(14(2)3)6-9(10)11(15)13-7/h4-6H,1-3H3,(H,12,13,15). The Labute approximate surface area is 93.8 Å². The summed E-state index contributed by atoms with van der Waals surface area (Å²) >= 11 is 5.24. The lowest BCUT2D eigenvalue weighted by Gasteiger charge is -2.12. The lowest BCUT2D eigenvalue weighted by atomic mass is 10.2. The topological polar surface area (TPSA) is 31.9 Å². The minimum atomic E-state index is 0.657. The summed E-state index contributed by atoms with van der Waals surface area (Å²) < 4.78 is 0.657. The Morgan fingerprint density at radius 3 is 2.73 bits per heavy atom. The zero-order valence-corrected chi connectivity index (χ0v) is 9.85. The Kier molecular flexibility index (Phi) is 2.44. The molecule has 1 aromatic heterocycles. The van der Waals surface area contributed by atoms with Crippen molar-refractivity contribution in [3.05, 3.63) is 28.7 Å². The number of nitrogens with zero attached hydrogens (tertiary/aromatic N) is 2. The monoisotopic (exact) mass is 219 g/mol. The van der Waals surface area contributed by atoms with Crippen LogP contribution in [0.1, 0.15) is 5.82 Å². The van der Waals surface area contributed by atoms with E-state index in [0.29, 0.717) is 4.64 Å². The SMILES string of the molecule is Cc1nc(=S)c2cc(N(C)C)ccc2[nH]1. The molecule has 0 atom stereocenters. The Balaban J connectivity index is 2.77. The highest BCUT2D eigenvalue weighted by atomic mass is 32.1. The van der Waals surface area contributed by atoms with Gasteiger partial charge in [0.1, 0.15) is 10.5 Å². The lowest BCUT2D eigenvalue weighted by molar-refractivity contribution is 1.08. The molecule has 0 aliphatic rings. The van der Waals surface area contributed by atoms with E-state index in [2.05, 4.69) is 22.1 Å². The number of benzene rings is 1. The van der Waals surface area contributed by atoms with Gasteiger partial charge in [0.2, 0.25) is 0 Å². The van der Waals surface area contributed by atoms with E-state index < -0.39 is 0 Å². The molecule has 0 fully saturated rings. The van der Waals surface area contributed by atoms with Crippen molar-refractivity contribution in [3.8, 4) is 0 Å². The summed E-state index contributed by atoms with van der Waals surface area (Å²) in [6, 6.07) is 6.16. The third kappa shape index (κ3) is 1.85. The normalized spacial score (nSPS) is 10.6. The van der Waals surface area contributed by atoms with E-state index in [1.54, 1.807) is 0 Å². The fourth-order valence-electron chi connectivity index (χ4n) is 1.53. The van der Waals surface area contributed by atoms with Crippen molar-refractivity contribution in [2.45, 2.75) is 6.92 Å². The summed E-state index contributed by atoms with van der Waals surface area (Å²) in [7, 11) is 4.02. The van der Waals surface area contributed by atoms with Gasteiger partial charge in [0.25, 0.3) is 0 Å². The van der Waals surface area contributed by atoms with Gasteiger partial charge < -0.3 is 9.88 Å². The molecule has 2 aromatic rings. The van der Waals surface area contributed by atoms with E-state index in [0.717, 1.165) is 22.4 Å². The second-order valence-electron chi connectivity index (χ2n) is 3.75. The number of hydrogen-bond donors (Lipinski definition) is 1. The molecule has 4 heteroatoms. The highest BCUT2D eigenvalue weighted by Gasteiger charge is 2.01. The van der Waals surface area contributed by atoms with Crippen molar-refractivity contribution in [1.29, 1.82) is 0 Å². The van der Waals surface area contributed by atoms with Crippen molar-refractivity contribution in [2.24, 2.45) is 0 Å². The minimum Gasteiger partial charge on any atom is -0.378 e. The van der Waals surface area contributed by atoms with Crippen LogP contribution < -0.4 is 4.90 Å². The van der Waals surface area contributed by atoms with Gasteiger partial charge in [-0.1, -0.05) is 12.2 Å². The van der Waals surface area contributed by atoms with Gasteiger partial charge in [0, 0.05) is 30.7 Å². The molecular weight excluding hydrogens is 206 g/mol. The van der Waals surface area contributed by atoms with Crippen molar-refractivity contribution in [2.75, 3.05) is 19.0 Å². The average Bonchev–Trinajstić information content (AvgIpc) is 2.16. The number of aromatic amines is 1. The first-order valence-electron chi connectivity index (χ1n) is 4.76. The van der Waals surface area contributed by atoms with Gasteiger partial charge in [-0.2, -0.15) is 0 Å². The van der Waals surface area contributed by atoms with E-state index in [4.69, 9.17) is 12.2 Å². The number of fused-ring (bicyclic) bond motifs is 1. The van der Waals surface area contributed by atoms with Crippen LogP contribution in [0, 0.1) is 11.6 Å². The number of nitrogens with one attached hydrogen (secondary N) is 1. The summed E-state index contributed by atoms with van der Waals surface area (Å²) in [5, 5.41) is 1.00. The smallest absolute Gasteiger partial charge is 0.137 e. The maximum atomic E-state index is 5.24. The molecule has 0 unspecified atom stereocenters. The van der Waals surface area contributed by atoms with Crippen LogP contribution in [-0.4, -0.2) is 24.1 Å². The van der Waals surface area contributed by atoms with Gasteiger partial charge in [-0.25, -0.2) is 4.98 Å². The first kappa shape index (κ1) is 10.1.